The summed E-state index contributed by atoms with van der Waals surface area (Å²) in [4.78, 5) is 17.0. The molecule has 0 unspecified atom stereocenters. The lowest BCUT2D eigenvalue weighted by Crippen LogP contribution is -2.30. The second kappa shape index (κ2) is 9.81. The average molecular weight is 318 g/mol. The van der Waals surface area contributed by atoms with Gasteiger partial charge in [0.25, 0.3) is 5.91 Å². The number of rotatable bonds is 5. The van der Waals surface area contributed by atoms with Crippen molar-refractivity contribution in [3.63, 3.8) is 0 Å². The van der Waals surface area contributed by atoms with Crippen molar-refractivity contribution in [3.05, 3.63) is 46.5 Å². The Kier molecular flexibility index (Phi) is 9.30. The van der Waals surface area contributed by atoms with Gasteiger partial charge < -0.3 is 0 Å². The Labute approximate surface area is 131 Å². The predicted octanol–water partition coefficient (Wildman–Crippen LogP) is 4.70. The molecular formula is C15H21Cl2NO2. The van der Waals surface area contributed by atoms with Gasteiger partial charge in [0.2, 0.25) is 0 Å². The number of likely N-dealkylation sites (N-methyl/N-ethyl adjacent to an activating group) is 1. The van der Waals surface area contributed by atoms with E-state index < -0.39 is 0 Å². The second-order valence-electron chi connectivity index (χ2n) is 3.77. The summed E-state index contributed by atoms with van der Waals surface area (Å²) in [5, 5.41) is 2.08. The van der Waals surface area contributed by atoms with E-state index in [1.165, 1.54) is 12.2 Å². The minimum absolute atomic E-state index is 0.157. The highest BCUT2D eigenvalue weighted by Crippen LogP contribution is 2.29. The highest BCUT2D eigenvalue weighted by Gasteiger charge is 2.23. The lowest BCUT2D eigenvalue weighted by atomic mass is 9.95. The van der Waals surface area contributed by atoms with Crippen LogP contribution in [-0.2, 0) is 9.63 Å². The molecule has 0 fully saturated rings. The Hall–Kier alpha value is -1.03. The molecule has 0 aliphatic rings. The van der Waals surface area contributed by atoms with Crippen LogP contribution in [0.15, 0.2) is 30.9 Å². The van der Waals surface area contributed by atoms with Crippen LogP contribution in [-0.4, -0.2) is 25.1 Å². The molecule has 112 valence electrons. The van der Waals surface area contributed by atoms with Crippen molar-refractivity contribution in [2.75, 3.05) is 14.2 Å². The van der Waals surface area contributed by atoms with Gasteiger partial charge >= 0.3 is 0 Å². The fourth-order valence-electron chi connectivity index (χ4n) is 1.58. The van der Waals surface area contributed by atoms with Crippen LogP contribution in [0, 0.1) is 0 Å². The zero-order valence-electron chi connectivity index (χ0n) is 12.3. The monoisotopic (exact) mass is 317 g/mol. The van der Waals surface area contributed by atoms with Crippen LogP contribution in [0.25, 0.3) is 0 Å². The van der Waals surface area contributed by atoms with Crippen LogP contribution >= 0.6 is 23.2 Å². The molecule has 1 rings (SSSR count). The normalized spacial score (nSPS) is 11.1. The van der Waals surface area contributed by atoms with E-state index in [0.29, 0.717) is 16.5 Å². The maximum atomic E-state index is 12.1. The average Bonchev–Trinajstić information content (AvgIpc) is 2.48. The molecule has 1 aromatic carbocycles. The van der Waals surface area contributed by atoms with Crippen molar-refractivity contribution in [3.8, 4) is 0 Å². The minimum atomic E-state index is -0.373. The summed E-state index contributed by atoms with van der Waals surface area (Å²) >= 11 is 11.8. The Morgan fingerprint density at radius 2 is 2.00 bits per heavy atom. The lowest BCUT2D eigenvalue weighted by molar-refractivity contribution is -0.170. The van der Waals surface area contributed by atoms with Crippen LogP contribution in [0.2, 0.25) is 10.0 Å². The molecule has 0 aromatic heterocycles. The summed E-state index contributed by atoms with van der Waals surface area (Å²) in [6, 6.07) is 5.15. The van der Waals surface area contributed by atoms with Crippen molar-refractivity contribution in [2.24, 2.45) is 0 Å². The fraction of sp³-hybridized carbons (Fsp3) is 0.400. The quantitative estimate of drug-likeness (QED) is 0.582. The number of hydrogen-bond donors (Lipinski definition) is 0. The van der Waals surface area contributed by atoms with Crippen molar-refractivity contribution in [1.29, 1.82) is 0 Å². The second-order valence-corrected chi connectivity index (χ2v) is 4.58. The largest absolute Gasteiger partial charge is 0.275 e. The number of allylic oxidation sites excluding steroid dienone is 1. The first-order chi connectivity index (χ1) is 9.51. The molecule has 0 N–H and O–H groups in total. The molecule has 0 spiro atoms. The van der Waals surface area contributed by atoms with E-state index in [4.69, 9.17) is 28.0 Å². The zero-order chi connectivity index (χ0) is 15.7. The van der Waals surface area contributed by atoms with Gasteiger partial charge in [0.15, 0.2) is 0 Å². The third-order valence-corrected chi connectivity index (χ3v) is 3.37. The van der Waals surface area contributed by atoms with Crippen molar-refractivity contribution in [1.82, 2.24) is 5.06 Å². The van der Waals surface area contributed by atoms with Crippen LogP contribution in [0.5, 0.6) is 0 Å². The number of hydrogen-bond acceptors (Lipinski definition) is 2. The summed E-state index contributed by atoms with van der Waals surface area (Å²) in [6.07, 6.45) is 2.19. The van der Waals surface area contributed by atoms with Gasteiger partial charge in [-0.3, -0.25) is 9.63 Å². The minimum Gasteiger partial charge on any atom is -0.275 e. The number of amides is 1. The Morgan fingerprint density at radius 1 is 1.40 bits per heavy atom. The van der Waals surface area contributed by atoms with Crippen LogP contribution < -0.4 is 0 Å². The highest BCUT2D eigenvalue weighted by atomic mass is 35.5. The first-order valence-corrected chi connectivity index (χ1v) is 7.14. The molecule has 1 amide bonds. The van der Waals surface area contributed by atoms with Crippen molar-refractivity contribution >= 4 is 29.1 Å². The summed E-state index contributed by atoms with van der Waals surface area (Å²) < 4.78 is 0. The third kappa shape index (κ3) is 5.16. The number of halogens is 2. The van der Waals surface area contributed by atoms with E-state index in [1.54, 1.807) is 31.3 Å². The van der Waals surface area contributed by atoms with Crippen LogP contribution in [0.3, 0.4) is 0 Å². The van der Waals surface area contributed by atoms with Gasteiger partial charge in [-0.25, -0.2) is 5.06 Å². The van der Waals surface area contributed by atoms with E-state index in [-0.39, 0.29) is 11.8 Å². The van der Waals surface area contributed by atoms with Gasteiger partial charge in [-0.2, -0.15) is 0 Å². The Balaban J connectivity index is 0.00000172. The van der Waals surface area contributed by atoms with Gasteiger partial charge in [0, 0.05) is 7.05 Å². The van der Waals surface area contributed by atoms with Crippen molar-refractivity contribution < 1.29 is 9.63 Å². The topological polar surface area (TPSA) is 29.5 Å². The van der Waals surface area contributed by atoms with Gasteiger partial charge in [0.05, 0.1) is 23.1 Å². The summed E-state index contributed by atoms with van der Waals surface area (Å²) in [5.74, 6) is -0.530. The molecule has 20 heavy (non-hydrogen) atoms. The van der Waals surface area contributed by atoms with Gasteiger partial charge in [-0.15, -0.1) is 6.58 Å². The Morgan fingerprint density at radius 3 is 2.45 bits per heavy atom. The maximum absolute atomic E-state index is 12.1. The smallest absolute Gasteiger partial charge is 0.253 e. The molecule has 5 heteroatoms. The third-order valence-electron chi connectivity index (χ3n) is 2.63. The van der Waals surface area contributed by atoms with Crippen LogP contribution in [0.1, 0.15) is 31.7 Å². The molecule has 0 saturated carbocycles. The number of benzene rings is 1. The number of carbonyl (C=O) groups excluding carboxylic acids is 1. The highest BCUT2D eigenvalue weighted by molar-refractivity contribution is 6.42. The van der Waals surface area contributed by atoms with Gasteiger partial charge in [0.1, 0.15) is 0 Å². The number of nitrogens with zero attached hydrogens (tertiary/aromatic N) is 1. The lowest BCUT2D eigenvalue weighted by Gasteiger charge is -2.21. The van der Waals surface area contributed by atoms with E-state index in [9.17, 15) is 4.79 Å². The van der Waals surface area contributed by atoms with E-state index in [2.05, 4.69) is 6.58 Å². The molecule has 0 aliphatic heterocycles. The molecule has 3 nitrogen and oxygen atoms in total. The Bertz CT molecular complexity index is 449. The van der Waals surface area contributed by atoms with E-state index >= 15 is 0 Å². The molecule has 1 atom stereocenters. The summed E-state index contributed by atoms with van der Waals surface area (Å²) in [7, 11) is 3.01. The SMILES string of the molecule is C=CC[C@@H](C(=O)N(C)OC)c1ccc(Cl)c(Cl)c1.CC. The van der Waals surface area contributed by atoms with E-state index in [0.717, 1.165) is 5.56 Å². The van der Waals surface area contributed by atoms with Gasteiger partial charge in [-0.1, -0.05) is 49.2 Å². The van der Waals surface area contributed by atoms with E-state index in [1.807, 2.05) is 13.8 Å². The summed E-state index contributed by atoms with van der Waals surface area (Å²) in [6.45, 7) is 7.66. The molecule has 0 saturated heterocycles. The molecule has 0 radical (unpaired) electrons. The zero-order valence-corrected chi connectivity index (χ0v) is 13.8. The fourth-order valence-corrected chi connectivity index (χ4v) is 1.89. The molecule has 0 aliphatic carbocycles. The summed E-state index contributed by atoms with van der Waals surface area (Å²) in [5.41, 5.74) is 0.790. The molecule has 0 heterocycles. The van der Waals surface area contributed by atoms with Gasteiger partial charge in [-0.05, 0) is 24.1 Å². The number of hydroxylamine groups is 2. The molecule has 1 aromatic rings. The molecular weight excluding hydrogens is 297 g/mol. The number of carbonyl (C=O) groups is 1. The molecule has 0 bridgehead atoms. The van der Waals surface area contributed by atoms with Crippen molar-refractivity contribution in [2.45, 2.75) is 26.2 Å². The standard InChI is InChI=1S/C13H15Cl2NO2.C2H6/c1-4-5-10(13(17)16(2)18-3)9-6-7-11(14)12(15)8-9;1-2/h4,6-8,10H,1,5H2,2-3H3;1-2H3/t10-;/m1./s1. The first kappa shape index (κ1) is 19.0. The predicted molar refractivity (Wildman–Crippen MR) is 85.1 cm³/mol. The van der Waals surface area contributed by atoms with Crippen LogP contribution in [0.4, 0.5) is 0 Å². The first-order valence-electron chi connectivity index (χ1n) is 6.38. The maximum Gasteiger partial charge on any atom is 0.253 e.